The van der Waals surface area contributed by atoms with Gasteiger partial charge in [-0.1, -0.05) is 125 Å². The van der Waals surface area contributed by atoms with Gasteiger partial charge in [-0.25, -0.2) is 0 Å². The van der Waals surface area contributed by atoms with E-state index in [0.29, 0.717) is 0 Å². The Balaban J connectivity index is 1.80. The fraction of sp³-hybridized carbons (Fsp3) is 0.278. The van der Waals surface area contributed by atoms with Gasteiger partial charge in [0.15, 0.2) is 0 Å². The molecule has 0 heterocycles. The van der Waals surface area contributed by atoms with Crippen LogP contribution < -0.4 is 0 Å². The molecule has 0 bridgehead atoms. The van der Waals surface area contributed by atoms with Gasteiger partial charge >= 0.3 is 0 Å². The molecule has 4 aromatic rings. The number of nitrogens with zero attached hydrogens (tertiary/aromatic N) is 2. The van der Waals surface area contributed by atoms with Crippen LogP contribution in [0.4, 0.5) is 11.4 Å². The van der Waals surface area contributed by atoms with Gasteiger partial charge in [-0.2, -0.15) is 0 Å². The Labute approximate surface area is 229 Å². The second-order valence-electron chi connectivity index (χ2n) is 9.61. The Hall–Kier alpha value is -3.78. The fourth-order valence-corrected chi connectivity index (χ4v) is 5.01. The first-order valence-electron chi connectivity index (χ1n) is 14.2. The highest BCUT2D eigenvalue weighted by Crippen LogP contribution is 2.30. The Kier molecular flexibility index (Phi) is 9.81. The molecule has 0 saturated heterocycles. The molecule has 0 spiro atoms. The molecule has 0 aliphatic carbocycles. The van der Waals surface area contributed by atoms with E-state index in [-0.39, 0.29) is 0 Å². The average Bonchev–Trinajstić information content (AvgIpc) is 2.99. The number of benzene rings is 4. The summed E-state index contributed by atoms with van der Waals surface area (Å²) in [7, 11) is 0. The Morgan fingerprint density at radius 1 is 0.421 bits per heavy atom. The van der Waals surface area contributed by atoms with Crippen LogP contribution in [0, 0.1) is 0 Å². The monoisotopic (exact) mass is 500 g/mol. The smallest absolute Gasteiger partial charge is 0.0696 e. The molecule has 2 nitrogen and oxygen atoms in total. The lowest BCUT2D eigenvalue weighted by Gasteiger charge is -2.15. The summed E-state index contributed by atoms with van der Waals surface area (Å²) in [5.74, 6) is 0. The van der Waals surface area contributed by atoms with E-state index in [4.69, 9.17) is 9.98 Å². The average molecular weight is 501 g/mol. The molecule has 0 aliphatic heterocycles. The zero-order valence-electron chi connectivity index (χ0n) is 23.4. The molecule has 2 heteroatoms. The largest absolute Gasteiger partial charge is 0.252 e. The van der Waals surface area contributed by atoms with Crippen LogP contribution in [0.15, 0.2) is 107 Å². The van der Waals surface area contributed by atoms with Gasteiger partial charge in [0.25, 0.3) is 0 Å². The fourth-order valence-electron chi connectivity index (χ4n) is 5.01. The van der Waals surface area contributed by atoms with Crippen molar-refractivity contribution < 1.29 is 0 Å². The third-order valence-electron chi connectivity index (χ3n) is 7.24. The normalized spacial score (nSPS) is 12.1. The first-order chi connectivity index (χ1) is 18.7. The minimum Gasteiger partial charge on any atom is -0.252 e. The Morgan fingerprint density at radius 2 is 0.737 bits per heavy atom. The summed E-state index contributed by atoms with van der Waals surface area (Å²) in [5.41, 5.74) is 12.1. The number of aliphatic imine (C=N–C) groups is 2. The van der Waals surface area contributed by atoms with Gasteiger partial charge in [0.05, 0.1) is 11.4 Å². The highest BCUT2D eigenvalue weighted by atomic mass is 14.8. The molecule has 0 atom stereocenters. The maximum Gasteiger partial charge on any atom is 0.0696 e. The van der Waals surface area contributed by atoms with E-state index >= 15 is 0 Å². The van der Waals surface area contributed by atoms with Gasteiger partial charge in [0.2, 0.25) is 0 Å². The SMILES string of the molecule is CCc1cccc(CC)c1N=C(CCC(=Nc1c(CC)cccc1CC)c1ccccc1)c1ccccc1. The summed E-state index contributed by atoms with van der Waals surface area (Å²) in [6, 6.07) is 34.5. The van der Waals surface area contributed by atoms with E-state index in [1.807, 2.05) is 0 Å². The predicted octanol–water partition coefficient (Wildman–Crippen LogP) is 9.66. The minimum atomic E-state index is 0.814. The van der Waals surface area contributed by atoms with Crippen molar-refractivity contribution in [1.29, 1.82) is 0 Å². The summed E-state index contributed by atoms with van der Waals surface area (Å²) in [4.78, 5) is 10.7. The maximum atomic E-state index is 5.37. The molecule has 4 rings (SSSR count). The van der Waals surface area contributed by atoms with Gasteiger partial charge in [-0.15, -0.1) is 0 Å². The maximum absolute atomic E-state index is 5.37. The number of hydrogen-bond acceptors (Lipinski definition) is 2. The molecular weight excluding hydrogens is 460 g/mol. The van der Waals surface area contributed by atoms with Gasteiger partial charge in [-0.3, -0.25) is 9.98 Å². The zero-order valence-corrected chi connectivity index (χ0v) is 23.4. The van der Waals surface area contributed by atoms with Crippen molar-refractivity contribution in [1.82, 2.24) is 0 Å². The first-order valence-corrected chi connectivity index (χ1v) is 14.2. The third-order valence-corrected chi connectivity index (χ3v) is 7.24. The molecule has 0 radical (unpaired) electrons. The second kappa shape index (κ2) is 13.7. The van der Waals surface area contributed by atoms with Crippen LogP contribution in [0.25, 0.3) is 0 Å². The molecule has 0 aromatic heterocycles. The Morgan fingerprint density at radius 3 is 1.03 bits per heavy atom. The summed E-state index contributed by atoms with van der Waals surface area (Å²) >= 11 is 0. The van der Waals surface area contributed by atoms with Crippen molar-refractivity contribution in [3.8, 4) is 0 Å². The molecule has 0 saturated carbocycles. The highest BCUT2D eigenvalue weighted by Gasteiger charge is 2.14. The summed E-state index contributed by atoms with van der Waals surface area (Å²) in [5, 5.41) is 0. The lowest BCUT2D eigenvalue weighted by Crippen LogP contribution is -2.08. The highest BCUT2D eigenvalue weighted by molar-refractivity contribution is 6.08. The van der Waals surface area contributed by atoms with Gasteiger partial charge in [-0.05, 0) is 71.9 Å². The van der Waals surface area contributed by atoms with E-state index in [2.05, 4.69) is 125 Å². The van der Waals surface area contributed by atoms with E-state index in [1.165, 1.54) is 33.4 Å². The standard InChI is InChI=1S/C36H40N2/c1-5-27-21-15-22-28(6-2)35(27)37-33(31-17-11-9-12-18-31)25-26-34(32-19-13-10-14-20-32)38-36-29(7-3)23-16-24-30(36)8-4/h9-24H,5-8,25-26H2,1-4H3. The number of para-hydroxylation sites is 2. The van der Waals surface area contributed by atoms with Gasteiger partial charge in [0.1, 0.15) is 0 Å². The third kappa shape index (κ3) is 6.55. The van der Waals surface area contributed by atoms with Crippen LogP contribution in [0.3, 0.4) is 0 Å². The summed E-state index contributed by atoms with van der Waals surface area (Å²) < 4.78 is 0. The second-order valence-corrected chi connectivity index (χ2v) is 9.61. The zero-order chi connectivity index (χ0) is 26.7. The van der Waals surface area contributed by atoms with E-state index < -0.39 is 0 Å². The topological polar surface area (TPSA) is 24.7 Å². The minimum absolute atomic E-state index is 0.814. The van der Waals surface area contributed by atoms with Crippen LogP contribution in [-0.4, -0.2) is 11.4 Å². The molecular formula is C36H40N2. The van der Waals surface area contributed by atoms with Crippen molar-refractivity contribution in [3.63, 3.8) is 0 Å². The van der Waals surface area contributed by atoms with Crippen molar-refractivity contribution in [2.75, 3.05) is 0 Å². The van der Waals surface area contributed by atoms with Gasteiger partial charge in [0, 0.05) is 11.4 Å². The molecule has 0 fully saturated rings. The van der Waals surface area contributed by atoms with E-state index in [0.717, 1.165) is 61.3 Å². The quantitative estimate of drug-likeness (QED) is 0.183. The van der Waals surface area contributed by atoms with Crippen molar-refractivity contribution in [2.45, 2.75) is 66.2 Å². The van der Waals surface area contributed by atoms with Crippen molar-refractivity contribution in [3.05, 3.63) is 130 Å². The van der Waals surface area contributed by atoms with Crippen LogP contribution in [-0.2, 0) is 25.7 Å². The lowest BCUT2D eigenvalue weighted by molar-refractivity contribution is 1.06. The van der Waals surface area contributed by atoms with Crippen molar-refractivity contribution >= 4 is 22.8 Å². The van der Waals surface area contributed by atoms with Crippen LogP contribution in [0.5, 0.6) is 0 Å². The van der Waals surface area contributed by atoms with E-state index in [9.17, 15) is 0 Å². The molecule has 38 heavy (non-hydrogen) atoms. The predicted molar refractivity (Wildman–Crippen MR) is 165 cm³/mol. The molecule has 194 valence electrons. The van der Waals surface area contributed by atoms with Crippen LogP contribution in [0.1, 0.15) is 73.9 Å². The molecule has 0 N–H and O–H groups in total. The first kappa shape index (κ1) is 27.3. The van der Waals surface area contributed by atoms with Crippen molar-refractivity contribution in [2.24, 2.45) is 9.98 Å². The summed E-state index contributed by atoms with van der Waals surface area (Å²) in [6.07, 6.45) is 5.51. The number of rotatable bonds is 11. The van der Waals surface area contributed by atoms with E-state index in [1.54, 1.807) is 0 Å². The molecule has 0 aliphatic rings. The molecule has 0 unspecified atom stereocenters. The van der Waals surface area contributed by atoms with Gasteiger partial charge < -0.3 is 0 Å². The molecule has 4 aromatic carbocycles. The summed E-state index contributed by atoms with van der Waals surface area (Å²) in [6.45, 7) is 8.86. The number of aryl methyl sites for hydroxylation is 4. The van der Waals surface area contributed by atoms with Crippen LogP contribution >= 0.6 is 0 Å². The number of hydrogen-bond donors (Lipinski definition) is 0. The van der Waals surface area contributed by atoms with Crippen LogP contribution in [0.2, 0.25) is 0 Å². The lowest BCUT2D eigenvalue weighted by atomic mass is 9.98. The molecule has 0 amide bonds. The Bertz CT molecular complexity index is 1230.